The van der Waals surface area contributed by atoms with Crippen LogP contribution < -0.4 is 5.32 Å². The highest BCUT2D eigenvalue weighted by molar-refractivity contribution is 5.87. The van der Waals surface area contributed by atoms with Gasteiger partial charge in [-0.15, -0.1) is 0 Å². The number of rotatable bonds is 6. The zero-order chi connectivity index (χ0) is 17.7. The van der Waals surface area contributed by atoms with Gasteiger partial charge in [-0.3, -0.25) is 0 Å². The minimum Gasteiger partial charge on any atom is -0.461 e. The van der Waals surface area contributed by atoms with E-state index < -0.39 is 5.97 Å². The van der Waals surface area contributed by atoms with Gasteiger partial charge in [0.25, 0.3) is 0 Å². The Morgan fingerprint density at radius 2 is 2.21 bits per heavy atom. The van der Waals surface area contributed by atoms with Crippen molar-refractivity contribution in [1.82, 2.24) is 9.55 Å². The topological polar surface area (TPSA) is 79.9 Å². The number of nitrogens with one attached hydrogen (secondary N) is 1. The average molecular weight is 326 g/mol. The fourth-order valence-corrected chi connectivity index (χ4v) is 2.61. The minimum absolute atomic E-state index is 0.240. The van der Waals surface area contributed by atoms with Crippen molar-refractivity contribution in [2.24, 2.45) is 5.92 Å². The first-order valence-electron chi connectivity index (χ1n) is 7.97. The molecular weight excluding hydrogens is 304 g/mol. The third-order valence-corrected chi connectivity index (χ3v) is 3.60. The quantitative estimate of drug-likeness (QED) is 0.825. The summed E-state index contributed by atoms with van der Waals surface area (Å²) in [5.74, 6) is -0.00416. The van der Waals surface area contributed by atoms with Gasteiger partial charge in [-0.05, 0) is 30.9 Å². The summed E-state index contributed by atoms with van der Waals surface area (Å²) >= 11 is 0. The first-order chi connectivity index (χ1) is 11.5. The molecule has 0 amide bonds. The number of esters is 1. The average Bonchev–Trinajstić information content (AvgIpc) is 3.03. The maximum absolute atomic E-state index is 11.8. The molecule has 0 radical (unpaired) electrons. The molecule has 2 rings (SSSR count). The number of nitriles is 1. The minimum atomic E-state index is -0.459. The van der Waals surface area contributed by atoms with Gasteiger partial charge in [-0.25, -0.2) is 9.78 Å². The number of benzene rings is 1. The van der Waals surface area contributed by atoms with Crippen LogP contribution >= 0.6 is 0 Å². The summed E-state index contributed by atoms with van der Waals surface area (Å²) in [6.07, 6.45) is 3.99. The first-order valence-corrected chi connectivity index (χ1v) is 7.97. The standard InChI is InChI=1S/C18H22N4O2/c1-5-24-18(23)15-10-22(11-21-15)16-7-6-13(8-12(2)3)14(9-19)17(16)20-4/h6-7,10-12,20H,5,8H2,1-4H3. The summed E-state index contributed by atoms with van der Waals surface area (Å²) < 4.78 is 6.68. The van der Waals surface area contributed by atoms with Crippen molar-refractivity contribution in [2.75, 3.05) is 19.0 Å². The highest BCUT2D eigenvalue weighted by Gasteiger charge is 2.16. The van der Waals surface area contributed by atoms with E-state index >= 15 is 0 Å². The molecule has 0 saturated heterocycles. The van der Waals surface area contributed by atoms with Crippen molar-refractivity contribution in [3.8, 4) is 11.8 Å². The summed E-state index contributed by atoms with van der Waals surface area (Å²) in [7, 11) is 1.78. The Bertz CT molecular complexity index is 772. The van der Waals surface area contributed by atoms with Crippen LogP contribution in [0.15, 0.2) is 24.7 Å². The smallest absolute Gasteiger partial charge is 0.358 e. The van der Waals surface area contributed by atoms with Crippen LogP contribution in [0.4, 0.5) is 5.69 Å². The largest absolute Gasteiger partial charge is 0.461 e. The molecule has 0 aliphatic carbocycles. The van der Waals surface area contributed by atoms with Crippen LogP contribution in [0.1, 0.15) is 42.4 Å². The van der Waals surface area contributed by atoms with Gasteiger partial charge in [-0.2, -0.15) is 5.26 Å². The molecule has 1 N–H and O–H groups in total. The summed E-state index contributed by atoms with van der Waals surface area (Å²) in [5.41, 5.74) is 3.36. The summed E-state index contributed by atoms with van der Waals surface area (Å²) in [6, 6.07) is 6.18. The summed E-state index contributed by atoms with van der Waals surface area (Å²) in [4.78, 5) is 15.9. The zero-order valence-corrected chi connectivity index (χ0v) is 14.5. The van der Waals surface area contributed by atoms with Gasteiger partial charge < -0.3 is 14.6 Å². The lowest BCUT2D eigenvalue weighted by Crippen LogP contribution is -2.06. The van der Waals surface area contributed by atoms with Crippen LogP contribution in [0.3, 0.4) is 0 Å². The number of carbonyl (C=O) groups is 1. The van der Waals surface area contributed by atoms with Gasteiger partial charge in [0.1, 0.15) is 12.4 Å². The molecular formula is C18H22N4O2. The van der Waals surface area contributed by atoms with Gasteiger partial charge >= 0.3 is 5.97 Å². The maximum Gasteiger partial charge on any atom is 0.358 e. The molecule has 6 heteroatoms. The normalized spacial score (nSPS) is 10.5. The predicted octanol–water partition coefficient (Wildman–Crippen LogP) is 3.16. The van der Waals surface area contributed by atoms with Crippen molar-refractivity contribution < 1.29 is 9.53 Å². The lowest BCUT2D eigenvalue weighted by atomic mass is 9.96. The number of ether oxygens (including phenoxy) is 1. The molecule has 0 aliphatic rings. The van der Waals surface area contributed by atoms with E-state index in [-0.39, 0.29) is 5.69 Å². The number of nitrogens with zero attached hydrogens (tertiary/aromatic N) is 3. The van der Waals surface area contributed by atoms with E-state index in [1.165, 1.54) is 0 Å². The molecule has 1 heterocycles. The van der Waals surface area contributed by atoms with Crippen LogP contribution in [0.2, 0.25) is 0 Å². The lowest BCUT2D eigenvalue weighted by molar-refractivity contribution is 0.0520. The first kappa shape index (κ1) is 17.5. The highest BCUT2D eigenvalue weighted by atomic mass is 16.5. The second kappa shape index (κ2) is 7.64. The van der Waals surface area contributed by atoms with Gasteiger partial charge in [0.15, 0.2) is 5.69 Å². The van der Waals surface area contributed by atoms with Crippen molar-refractivity contribution in [3.05, 3.63) is 41.5 Å². The fraction of sp³-hybridized carbons (Fsp3) is 0.389. The van der Waals surface area contributed by atoms with Gasteiger partial charge in [0.2, 0.25) is 0 Å². The molecule has 0 fully saturated rings. The van der Waals surface area contributed by atoms with Crippen LogP contribution in [0.25, 0.3) is 5.69 Å². The number of anilines is 1. The monoisotopic (exact) mass is 326 g/mol. The molecule has 0 unspecified atom stereocenters. The van der Waals surface area contributed by atoms with E-state index in [0.717, 1.165) is 23.4 Å². The Morgan fingerprint density at radius 3 is 2.79 bits per heavy atom. The molecule has 0 saturated carbocycles. The number of hydrogen-bond acceptors (Lipinski definition) is 5. The number of imidazole rings is 1. The van der Waals surface area contributed by atoms with Crippen LogP contribution in [0.5, 0.6) is 0 Å². The Hall–Kier alpha value is -2.81. The number of carbonyl (C=O) groups excluding carboxylic acids is 1. The van der Waals surface area contributed by atoms with Crippen LogP contribution in [-0.2, 0) is 11.2 Å². The van der Waals surface area contributed by atoms with Gasteiger partial charge in [0.05, 0.1) is 23.5 Å². The highest BCUT2D eigenvalue weighted by Crippen LogP contribution is 2.29. The molecule has 0 bridgehead atoms. The molecule has 126 valence electrons. The third-order valence-electron chi connectivity index (χ3n) is 3.60. The summed E-state index contributed by atoms with van der Waals surface area (Å²) in [5, 5.41) is 12.7. The predicted molar refractivity (Wildman–Crippen MR) is 92.3 cm³/mol. The van der Waals surface area contributed by atoms with E-state index in [1.807, 2.05) is 12.1 Å². The van der Waals surface area contributed by atoms with E-state index in [1.54, 1.807) is 31.1 Å². The second-order valence-corrected chi connectivity index (χ2v) is 5.84. The molecule has 0 atom stereocenters. The van der Waals surface area contributed by atoms with Crippen molar-refractivity contribution >= 4 is 11.7 Å². The summed E-state index contributed by atoms with van der Waals surface area (Å²) in [6.45, 7) is 6.29. The molecule has 24 heavy (non-hydrogen) atoms. The van der Waals surface area contributed by atoms with Gasteiger partial charge in [0, 0.05) is 13.2 Å². The molecule has 0 aliphatic heterocycles. The second-order valence-electron chi connectivity index (χ2n) is 5.84. The van der Waals surface area contributed by atoms with E-state index in [2.05, 4.69) is 30.2 Å². The van der Waals surface area contributed by atoms with Crippen molar-refractivity contribution in [3.63, 3.8) is 0 Å². The maximum atomic E-state index is 11.8. The number of hydrogen-bond donors (Lipinski definition) is 1. The van der Waals surface area contributed by atoms with Gasteiger partial charge in [-0.1, -0.05) is 19.9 Å². The SMILES string of the molecule is CCOC(=O)c1cn(-c2ccc(CC(C)C)c(C#N)c2NC)cn1. The Balaban J connectivity index is 2.48. The lowest BCUT2D eigenvalue weighted by Gasteiger charge is -2.16. The van der Waals surface area contributed by atoms with E-state index in [4.69, 9.17) is 4.74 Å². The molecule has 2 aromatic rings. The molecule has 1 aromatic carbocycles. The molecule has 0 spiro atoms. The Labute approximate surface area is 142 Å². The Kier molecular flexibility index (Phi) is 5.59. The van der Waals surface area contributed by atoms with E-state index in [0.29, 0.717) is 18.1 Å². The van der Waals surface area contributed by atoms with Crippen molar-refractivity contribution in [2.45, 2.75) is 27.2 Å². The van der Waals surface area contributed by atoms with Crippen LogP contribution in [-0.4, -0.2) is 29.2 Å². The zero-order valence-electron chi connectivity index (χ0n) is 14.5. The van der Waals surface area contributed by atoms with Crippen LogP contribution in [0, 0.1) is 17.2 Å². The number of aromatic nitrogens is 2. The van der Waals surface area contributed by atoms with Crippen molar-refractivity contribution in [1.29, 1.82) is 5.26 Å². The Morgan fingerprint density at radius 1 is 1.46 bits per heavy atom. The molecule has 6 nitrogen and oxygen atoms in total. The fourth-order valence-electron chi connectivity index (χ4n) is 2.61. The van der Waals surface area contributed by atoms with E-state index in [9.17, 15) is 10.1 Å². The molecule has 1 aromatic heterocycles. The third kappa shape index (κ3) is 3.57.